The number of ether oxygens (including phenoxy) is 1. The van der Waals surface area contributed by atoms with Crippen LogP contribution in [0.3, 0.4) is 0 Å². The fourth-order valence-electron chi connectivity index (χ4n) is 2.29. The lowest BCUT2D eigenvalue weighted by atomic mass is 10.1. The van der Waals surface area contributed by atoms with E-state index in [1.807, 2.05) is 18.2 Å². The summed E-state index contributed by atoms with van der Waals surface area (Å²) in [5.74, 6) is -0.130. The molecule has 0 saturated carbocycles. The minimum absolute atomic E-state index is 0.00810. The van der Waals surface area contributed by atoms with E-state index in [0.29, 0.717) is 16.9 Å². The van der Waals surface area contributed by atoms with Crippen LogP contribution in [0.2, 0.25) is 0 Å². The van der Waals surface area contributed by atoms with E-state index in [1.54, 1.807) is 72.8 Å². The summed E-state index contributed by atoms with van der Waals surface area (Å²) in [4.78, 5) is 25.2. The highest BCUT2D eigenvalue weighted by Crippen LogP contribution is 2.17. The molecule has 3 nitrogen and oxygen atoms in total. The zero-order valence-electron chi connectivity index (χ0n) is 13.5. The Morgan fingerprint density at radius 1 is 0.640 bits per heavy atom. The van der Waals surface area contributed by atoms with Crippen LogP contribution in [0.25, 0.3) is 0 Å². The summed E-state index contributed by atoms with van der Waals surface area (Å²) in [6, 6.07) is 26.5. The van der Waals surface area contributed by atoms with Crippen LogP contribution in [0.5, 0.6) is 5.75 Å². The van der Waals surface area contributed by atoms with Gasteiger partial charge in [0.15, 0.2) is 11.5 Å². The Morgan fingerprint density at radius 2 is 1.12 bits per heavy atom. The van der Waals surface area contributed by atoms with E-state index in [1.165, 1.54) is 6.08 Å². The van der Waals surface area contributed by atoms with Crippen LogP contribution in [-0.4, -0.2) is 11.6 Å². The van der Waals surface area contributed by atoms with Crippen LogP contribution in [-0.2, 0) is 0 Å². The van der Waals surface area contributed by atoms with Gasteiger partial charge in [0, 0.05) is 17.2 Å². The van der Waals surface area contributed by atoms with Crippen molar-refractivity contribution >= 4 is 11.6 Å². The van der Waals surface area contributed by atoms with Gasteiger partial charge in [0.1, 0.15) is 5.75 Å². The van der Waals surface area contributed by atoms with Crippen molar-refractivity contribution in [2.75, 3.05) is 0 Å². The SMILES string of the molecule is O=C(/C=C(/Oc1ccccc1)C(=O)c1ccccc1)c1ccccc1. The maximum atomic E-state index is 12.8. The summed E-state index contributed by atoms with van der Waals surface area (Å²) in [7, 11) is 0. The minimum atomic E-state index is -0.339. The first kappa shape index (κ1) is 16.4. The summed E-state index contributed by atoms with van der Waals surface area (Å²) in [6.45, 7) is 0. The summed E-state index contributed by atoms with van der Waals surface area (Å²) in [5, 5.41) is 0. The lowest BCUT2D eigenvalue weighted by molar-refractivity contribution is 0.0968. The molecular weight excluding hydrogens is 312 g/mol. The van der Waals surface area contributed by atoms with E-state index in [-0.39, 0.29) is 17.3 Å². The van der Waals surface area contributed by atoms with Gasteiger partial charge in [-0.15, -0.1) is 0 Å². The topological polar surface area (TPSA) is 43.4 Å². The molecule has 3 aromatic rings. The van der Waals surface area contributed by atoms with E-state index < -0.39 is 0 Å². The molecule has 3 rings (SSSR count). The van der Waals surface area contributed by atoms with Crippen molar-refractivity contribution in [1.82, 2.24) is 0 Å². The number of benzene rings is 3. The molecule has 0 atom stereocenters. The Balaban J connectivity index is 1.95. The maximum absolute atomic E-state index is 12.8. The Hall–Kier alpha value is -3.46. The summed E-state index contributed by atoms with van der Waals surface area (Å²) in [5.41, 5.74) is 0.961. The standard InChI is InChI=1S/C22H16O3/c23-20(17-10-4-1-5-11-17)16-21(25-19-14-8-3-9-15-19)22(24)18-12-6-2-7-13-18/h1-16H/b21-16+. The third-order valence-electron chi connectivity index (χ3n) is 3.55. The van der Waals surface area contributed by atoms with Crippen molar-refractivity contribution in [3.8, 4) is 5.75 Å². The summed E-state index contributed by atoms with van der Waals surface area (Å²) in [6.07, 6.45) is 1.25. The van der Waals surface area contributed by atoms with Crippen LogP contribution in [0.1, 0.15) is 20.7 Å². The Kier molecular flexibility index (Phi) is 5.17. The first-order valence-electron chi connectivity index (χ1n) is 7.88. The molecule has 0 aliphatic rings. The largest absolute Gasteiger partial charge is 0.453 e. The number of ketones is 2. The van der Waals surface area contributed by atoms with Gasteiger partial charge in [0.2, 0.25) is 5.78 Å². The zero-order valence-corrected chi connectivity index (χ0v) is 13.5. The van der Waals surface area contributed by atoms with Crippen molar-refractivity contribution in [3.05, 3.63) is 114 Å². The quantitative estimate of drug-likeness (QED) is 0.374. The molecule has 3 aromatic carbocycles. The summed E-state index contributed by atoms with van der Waals surface area (Å²) < 4.78 is 5.71. The van der Waals surface area contributed by atoms with E-state index >= 15 is 0 Å². The van der Waals surface area contributed by atoms with E-state index in [0.717, 1.165) is 0 Å². The minimum Gasteiger partial charge on any atom is -0.453 e. The molecule has 0 bridgehead atoms. The first-order chi connectivity index (χ1) is 12.2. The van der Waals surface area contributed by atoms with Crippen LogP contribution in [0.15, 0.2) is 103 Å². The lowest BCUT2D eigenvalue weighted by Crippen LogP contribution is -2.12. The van der Waals surface area contributed by atoms with Crippen LogP contribution < -0.4 is 4.74 Å². The van der Waals surface area contributed by atoms with Gasteiger partial charge >= 0.3 is 0 Å². The number of rotatable bonds is 6. The molecule has 122 valence electrons. The molecule has 0 aliphatic heterocycles. The third kappa shape index (κ3) is 4.30. The first-order valence-corrected chi connectivity index (χ1v) is 7.88. The molecule has 0 spiro atoms. The lowest BCUT2D eigenvalue weighted by Gasteiger charge is -2.09. The van der Waals surface area contributed by atoms with Gasteiger partial charge in [-0.2, -0.15) is 0 Å². The molecule has 0 unspecified atom stereocenters. The molecule has 3 heteroatoms. The molecular formula is C22H16O3. The van der Waals surface area contributed by atoms with E-state index in [9.17, 15) is 9.59 Å². The number of hydrogen-bond donors (Lipinski definition) is 0. The average molecular weight is 328 g/mol. The zero-order chi connectivity index (χ0) is 17.5. The van der Waals surface area contributed by atoms with Gasteiger partial charge in [-0.05, 0) is 12.1 Å². The third-order valence-corrected chi connectivity index (χ3v) is 3.55. The van der Waals surface area contributed by atoms with Gasteiger partial charge in [-0.3, -0.25) is 9.59 Å². The van der Waals surface area contributed by atoms with Gasteiger partial charge < -0.3 is 4.74 Å². The van der Waals surface area contributed by atoms with Crippen LogP contribution in [0, 0.1) is 0 Å². The number of allylic oxidation sites excluding steroid dienone is 2. The molecule has 0 amide bonds. The fourth-order valence-corrected chi connectivity index (χ4v) is 2.29. The molecule has 0 radical (unpaired) electrons. The second-order valence-electron chi connectivity index (χ2n) is 5.35. The predicted octanol–water partition coefficient (Wildman–Crippen LogP) is 4.72. The maximum Gasteiger partial charge on any atom is 0.228 e. The highest BCUT2D eigenvalue weighted by atomic mass is 16.5. The number of hydrogen-bond acceptors (Lipinski definition) is 3. The average Bonchev–Trinajstić information content (AvgIpc) is 2.69. The molecule has 25 heavy (non-hydrogen) atoms. The van der Waals surface area contributed by atoms with Crippen LogP contribution in [0.4, 0.5) is 0 Å². The van der Waals surface area contributed by atoms with E-state index in [4.69, 9.17) is 4.74 Å². The molecule has 0 heterocycles. The second kappa shape index (κ2) is 7.88. The number of para-hydroxylation sites is 1. The van der Waals surface area contributed by atoms with Gasteiger partial charge in [-0.25, -0.2) is 0 Å². The van der Waals surface area contributed by atoms with Gasteiger partial charge in [-0.1, -0.05) is 78.9 Å². The fraction of sp³-hybridized carbons (Fsp3) is 0. The van der Waals surface area contributed by atoms with E-state index in [2.05, 4.69) is 0 Å². The highest BCUT2D eigenvalue weighted by Gasteiger charge is 2.17. The Morgan fingerprint density at radius 3 is 1.68 bits per heavy atom. The van der Waals surface area contributed by atoms with Crippen molar-refractivity contribution < 1.29 is 14.3 Å². The second-order valence-corrected chi connectivity index (χ2v) is 5.35. The van der Waals surface area contributed by atoms with Crippen molar-refractivity contribution in [2.24, 2.45) is 0 Å². The van der Waals surface area contributed by atoms with Gasteiger partial charge in [0.05, 0.1) is 0 Å². The normalized spacial score (nSPS) is 11.0. The number of carbonyl (C=O) groups is 2. The van der Waals surface area contributed by atoms with Crippen molar-refractivity contribution in [2.45, 2.75) is 0 Å². The van der Waals surface area contributed by atoms with Crippen molar-refractivity contribution in [3.63, 3.8) is 0 Å². The smallest absolute Gasteiger partial charge is 0.228 e. The Labute approximate surface area is 146 Å². The molecule has 0 fully saturated rings. The highest BCUT2D eigenvalue weighted by molar-refractivity contribution is 6.14. The van der Waals surface area contributed by atoms with Crippen LogP contribution >= 0.6 is 0 Å². The summed E-state index contributed by atoms with van der Waals surface area (Å²) >= 11 is 0. The predicted molar refractivity (Wildman–Crippen MR) is 96.7 cm³/mol. The van der Waals surface area contributed by atoms with Crippen molar-refractivity contribution in [1.29, 1.82) is 0 Å². The molecule has 0 aliphatic carbocycles. The Bertz CT molecular complexity index is 882. The number of carbonyl (C=O) groups excluding carboxylic acids is 2. The van der Waals surface area contributed by atoms with Gasteiger partial charge in [0.25, 0.3) is 0 Å². The number of Topliss-reactive ketones (excluding diaryl/α,β-unsaturated/α-hetero) is 1. The molecule has 0 saturated heterocycles. The monoisotopic (exact) mass is 328 g/mol. The molecule has 0 aromatic heterocycles. The molecule has 0 N–H and O–H groups in total.